The number of sulfonamides is 1. The van der Waals surface area contributed by atoms with Gasteiger partial charge in [-0.05, 0) is 70.7 Å². The first-order valence-corrected chi connectivity index (χ1v) is 12.1. The lowest BCUT2D eigenvalue weighted by atomic mass is 10.0. The number of carbonyl (C=O) groups excluding carboxylic acids is 2. The minimum absolute atomic E-state index is 0.0996. The number of anilines is 1. The van der Waals surface area contributed by atoms with E-state index in [2.05, 4.69) is 5.32 Å². The zero-order valence-electron chi connectivity index (χ0n) is 17.9. The average Bonchev–Trinajstić information content (AvgIpc) is 3.04. The van der Waals surface area contributed by atoms with Crippen molar-refractivity contribution in [3.63, 3.8) is 0 Å². The van der Waals surface area contributed by atoms with E-state index >= 15 is 0 Å². The molecule has 2 aliphatic rings. The third-order valence-electron chi connectivity index (χ3n) is 5.27. The van der Waals surface area contributed by atoms with Gasteiger partial charge in [0.05, 0.1) is 11.4 Å². The Kier molecular flexibility index (Phi) is 6.59. The number of hydrogen-bond donors (Lipinski definition) is 1. The van der Waals surface area contributed by atoms with Crippen LogP contribution in [0.3, 0.4) is 0 Å². The zero-order chi connectivity index (χ0) is 21.9. The molecule has 1 aromatic carbocycles. The second-order valence-corrected chi connectivity index (χ2v) is 10.8. The zero-order valence-corrected chi connectivity index (χ0v) is 18.7. The van der Waals surface area contributed by atoms with Gasteiger partial charge in [-0.25, -0.2) is 13.2 Å². The molecule has 166 valence electrons. The number of likely N-dealkylation sites (tertiary alicyclic amines) is 1. The van der Waals surface area contributed by atoms with E-state index in [0.717, 1.165) is 19.3 Å². The molecule has 0 aromatic heterocycles. The number of piperidine rings is 1. The molecule has 0 saturated carbocycles. The molecule has 2 aliphatic heterocycles. The lowest BCUT2D eigenvalue weighted by molar-refractivity contribution is 0.0462. The average molecular weight is 438 g/mol. The maximum absolute atomic E-state index is 13.1. The molecular weight excluding hydrogens is 406 g/mol. The highest BCUT2D eigenvalue weighted by molar-refractivity contribution is 7.93. The number of rotatable bonds is 4. The van der Waals surface area contributed by atoms with Gasteiger partial charge in [-0.2, -0.15) is 0 Å². The van der Waals surface area contributed by atoms with E-state index in [0.29, 0.717) is 37.3 Å². The van der Waals surface area contributed by atoms with Crippen LogP contribution in [0.4, 0.5) is 10.5 Å². The van der Waals surface area contributed by atoms with Crippen molar-refractivity contribution in [2.45, 2.75) is 58.1 Å². The summed E-state index contributed by atoms with van der Waals surface area (Å²) in [5, 5.41) is 2.77. The summed E-state index contributed by atoms with van der Waals surface area (Å²) in [7, 11) is -3.25. The number of benzene rings is 1. The van der Waals surface area contributed by atoms with Gasteiger partial charge in [0.25, 0.3) is 5.91 Å². The van der Waals surface area contributed by atoms with Crippen LogP contribution in [0.1, 0.15) is 56.8 Å². The minimum Gasteiger partial charge on any atom is -0.444 e. The first kappa shape index (κ1) is 22.4. The van der Waals surface area contributed by atoms with Crippen LogP contribution < -0.4 is 9.62 Å². The Morgan fingerprint density at radius 1 is 1.10 bits per heavy atom. The fourth-order valence-corrected chi connectivity index (χ4v) is 5.43. The third-order valence-corrected chi connectivity index (χ3v) is 7.14. The number of nitrogens with zero attached hydrogens (tertiary/aromatic N) is 2. The summed E-state index contributed by atoms with van der Waals surface area (Å²) in [6.07, 6.45) is 2.85. The molecule has 1 unspecified atom stereocenters. The van der Waals surface area contributed by atoms with Gasteiger partial charge in [0.15, 0.2) is 0 Å². The minimum atomic E-state index is -3.25. The summed E-state index contributed by atoms with van der Waals surface area (Å²) < 4.78 is 30.9. The predicted octanol–water partition coefficient (Wildman–Crippen LogP) is 2.75. The van der Waals surface area contributed by atoms with Gasteiger partial charge >= 0.3 is 6.09 Å². The molecule has 2 heterocycles. The summed E-state index contributed by atoms with van der Waals surface area (Å²) in [6, 6.07) is 6.64. The Bertz CT molecular complexity index is 877. The van der Waals surface area contributed by atoms with Gasteiger partial charge in [0, 0.05) is 31.2 Å². The van der Waals surface area contributed by atoms with E-state index < -0.39 is 21.7 Å². The van der Waals surface area contributed by atoms with Gasteiger partial charge in [0.1, 0.15) is 5.60 Å². The van der Waals surface area contributed by atoms with Crippen molar-refractivity contribution in [2.75, 3.05) is 29.7 Å². The highest BCUT2D eigenvalue weighted by atomic mass is 32.2. The van der Waals surface area contributed by atoms with Gasteiger partial charge in [-0.1, -0.05) is 0 Å². The summed E-state index contributed by atoms with van der Waals surface area (Å²) in [5.74, 6) is 0.0508. The molecule has 2 fully saturated rings. The molecule has 0 spiro atoms. The van der Waals surface area contributed by atoms with E-state index in [1.807, 2.05) is 0 Å². The van der Waals surface area contributed by atoms with Crippen molar-refractivity contribution in [2.24, 2.45) is 0 Å². The Balaban J connectivity index is 1.65. The van der Waals surface area contributed by atoms with E-state index in [1.54, 1.807) is 49.9 Å². The molecule has 0 radical (unpaired) electrons. The van der Waals surface area contributed by atoms with Crippen molar-refractivity contribution >= 4 is 27.7 Å². The van der Waals surface area contributed by atoms with E-state index in [4.69, 9.17) is 4.74 Å². The van der Waals surface area contributed by atoms with Crippen LogP contribution in [0, 0.1) is 0 Å². The molecule has 8 nitrogen and oxygen atoms in total. The topological polar surface area (TPSA) is 96.0 Å². The molecule has 2 saturated heterocycles. The largest absolute Gasteiger partial charge is 0.444 e. The standard InChI is InChI=1S/C21H31N3O5S/c1-21(2,3)29-20(26)22-15-18-7-4-5-12-23(18)19(25)16-8-10-17(11-9-16)24-13-6-14-30(24,27)28/h8-11,18H,4-7,12-15H2,1-3H3,(H,22,26). The monoisotopic (exact) mass is 437 g/mol. The summed E-state index contributed by atoms with van der Waals surface area (Å²) in [4.78, 5) is 26.9. The number of ether oxygens (including phenoxy) is 1. The van der Waals surface area contributed by atoms with Crippen molar-refractivity contribution in [3.8, 4) is 0 Å². The Morgan fingerprint density at radius 2 is 1.80 bits per heavy atom. The van der Waals surface area contributed by atoms with Crippen LogP contribution in [0.25, 0.3) is 0 Å². The highest BCUT2D eigenvalue weighted by Gasteiger charge is 2.30. The summed E-state index contributed by atoms with van der Waals surface area (Å²) >= 11 is 0. The quantitative estimate of drug-likeness (QED) is 0.781. The third kappa shape index (κ3) is 5.44. The highest BCUT2D eigenvalue weighted by Crippen LogP contribution is 2.25. The Labute approximate surface area is 178 Å². The van der Waals surface area contributed by atoms with Gasteiger partial charge in [-0.3, -0.25) is 9.10 Å². The molecule has 0 bridgehead atoms. The van der Waals surface area contributed by atoms with Gasteiger partial charge < -0.3 is 15.0 Å². The molecule has 1 N–H and O–H groups in total. The van der Waals surface area contributed by atoms with Crippen molar-refractivity contribution in [1.82, 2.24) is 10.2 Å². The van der Waals surface area contributed by atoms with Crippen molar-refractivity contribution < 1.29 is 22.7 Å². The van der Waals surface area contributed by atoms with E-state index in [9.17, 15) is 18.0 Å². The first-order valence-electron chi connectivity index (χ1n) is 10.5. The fraction of sp³-hybridized carbons (Fsp3) is 0.619. The molecule has 3 rings (SSSR count). The lowest BCUT2D eigenvalue weighted by Gasteiger charge is -2.36. The van der Waals surface area contributed by atoms with Crippen LogP contribution in [0.5, 0.6) is 0 Å². The van der Waals surface area contributed by atoms with Crippen LogP contribution in [0.15, 0.2) is 24.3 Å². The van der Waals surface area contributed by atoms with Crippen LogP contribution in [-0.4, -0.2) is 62.3 Å². The van der Waals surface area contributed by atoms with Crippen molar-refractivity contribution in [1.29, 1.82) is 0 Å². The second kappa shape index (κ2) is 8.83. The Hall–Kier alpha value is -2.29. The molecule has 1 aromatic rings. The molecule has 2 amide bonds. The lowest BCUT2D eigenvalue weighted by Crippen LogP contribution is -2.50. The van der Waals surface area contributed by atoms with Gasteiger partial charge in [0.2, 0.25) is 10.0 Å². The van der Waals surface area contributed by atoms with Crippen LogP contribution in [-0.2, 0) is 14.8 Å². The number of alkyl carbamates (subject to hydrolysis) is 1. The smallest absolute Gasteiger partial charge is 0.407 e. The van der Waals surface area contributed by atoms with E-state index in [-0.39, 0.29) is 17.7 Å². The number of amides is 2. The Morgan fingerprint density at radius 3 is 2.40 bits per heavy atom. The van der Waals surface area contributed by atoms with Crippen LogP contribution in [0.2, 0.25) is 0 Å². The molecular formula is C21H31N3O5S. The molecule has 0 aliphatic carbocycles. The maximum Gasteiger partial charge on any atom is 0.407 e. The first-order chi connectivity index (χ1) is 14.1. The second-order valence-electron chi connectivity index (χ2n) is 8.82. The normalized spacial score (nSPS) is 21.4. The predicted molar refractivity (Wildman–Crippen MR) is 115 cm³/mol. The fourth-order valence-electron chi connectivity index (χ4n) is 3.86. The molecule has 30 heavy (non-hydrogen) atoms. The number of carbonyl (C=O) groups is 2. The maximum atomic E-state index is 13.1. The molecule has 1 atom stereocenters. The SMILES string of the molecule is CC(C)(C)OC(=O)NCC1CCCCN1C(=O)c1ccc(N2CCCS2(=O)=O)cc1. The number of nitrogens with one attached hydrogen (secondary N) is 1. The van der Waals surface area contributed by atoms with E-state index in [1.165, 1.54) is 4.31 Å². The summed E-state index contributed by atoms with van der Waals surface area (Å²) in [5.41, 5.74) is 0.529. The molecule has 9 heteroatoms. The van der Waals surface area contributed by atoms with Gasteiger partial charge in [-0.15, -0.1) is 0 Å². The summed E-state index contributed by atoms with van der Waals surface area (Å²) in [6.45, 7) is 6.85. The van der Waals surface area contributed by atoms with Crippen LogP contribution >= 0.6 is 0 Å². The number of hydrogen-bond acceptors (Lipinski definition) is 5. The van der Waals surface area contributed by atoms with Crippen molar-refractivity contribution in [3.05, 3.63) is 29.8 Å².